The van der Waals surface area contributed by atoms with Crippen molar-refractivity contribution in [2.24, 2.45) is 0 Å². The molecule has 5 rings (SSSR count). The molecule has 3 aromatic heterocycles. The summed E-state index contributed by atoms with van der Waals surface area (Å²) < 4.78 is 46.5. The zero-order valence-electron chi connectivity index (χ0n) is 16.9. The molecule has 13 heteroatoms. The van der Waals surface area contributed by atoms with Gasteiger partial charge < -0.3 is 15.7 Å². The molecule has 0 saturated carbocycles. The van der Waals surface area contributed by atoms with Gasteiger partial charge in [-0.3, -0.25) is 5.10 Å². The van der Waals surface area contributed by atoms with Crippen LogP contribution in [0.25, 0.3) is 21.0 Å². The fourth-order valence-electron chi connectivity index (χ4n) is 2.91. The molecule has 0 aliphatic carbocycles. The third-order valence-corrected chi connectivity index (χ3v) is 5.29. The van der Waals surface area contributed by atoms with Gasteiger partial charge in [0.15, 0.2) is 5.82 Å². The Hall–Kier alpha value is -4.26. The molecule has 2 aromatic carbocycles. The SMILES string of the molecule is Fc1ccc2[nH]nc(Nc3ccnc(Nc4cccc5sccc45)n3)c2c1.O=C(O)C(F)(F)F. The van der Waals surface area contributed by atoms with Crippen LogP contribution in [0.15, 0.2) is 60.1 Å². The number of nitrogens with one attached hydrogen (secondary N) is 3. The summed E-state index contributed by atoms with van der Waals surface area (Å²) in [4.78, 5) is 17.7. The van der Waals surface area contributed by atoms with Crippen molar-refractivity contribution < 1.29 is 27.5 Å². The summed E-state index contributed by atoms with van der Waals surface area (Å²) >= 11 is 1.68. The Kier molecular flexibility index (Phi) is 6.27. The lowest BCUT2D eigenvalue weighted by Gasteiger charge is -2.08. The number of aliphatic carboxylic acids is 1. The van der Waals surface area contributed by atoms with Crippen LogP contribution in [0.3, 0.4) is 0 Å². The summed E-state index contributed by atoms with van der Waals surface area (Å²) in [5, 5.41) is 24.4. The maximum absolute atomic E-state index is 13.5. The number of carbonyl (C=O) groups is 1. The van der Waals surface area contributed by atoms with E-state index < -0.39 is 12.1 Å². The molecule has 0 amide bonds. The van der Waals surface area contributed by atoms with Gasteiger partial charge in [0.25, 0.3) is 0 Å². The molecule has 0 fully saturated rings. The van der Waals surface area contributed by atoms with Gasteiger partial charge in [-0.15, -0.1) is 11.3 Å². The van der Waals surface area contributed by atoms with Crippen LogP contribution in [-0.4, -0.2) is 37.4 Å². The Labute approximate surface area is 192 Å². The fraction of sp³-hybridized carbons (Fsp3) is 0.0476. The highest BCUT2D eigenvalue weighted by Crippen LogP contribution is 2.30. The summed E-state index contributed by atoms with van der Waals surface area (Å²) in [6.45, 7) is 0. The number of carboxylic acids is 1. The maximum Gasteiger partial charge on any atom is 0.490 e. The number of nitrogens with zero attached hydrogens (tertiary/aromatic N) is 3. The van der Waals surface area contributed by atoms with Gasteiger partial charge in [-0.1, -0.05) is 6.07 Å². The molecule has 3 heterocycles. The van der Waals surface area contributed by atoms with E-state index in [1.165, 1.54) is 16.8 Å². The van der Waals surface area contributed by atoms with Crippen molar-refractivity contribution in [2.75, 3.05) is 10.6 Å². The summed E-state index contributed by atoms with van der Waals surface area (Å²) in [6.07, 6.45) is -3.43. The van der Waals surface area contributed by atoms with Crippen molar-refractivity contribution >= 4 is 61.6 Å². The minimum Gasteiger partial charge on any atom is -0.475 e. The van der Waals surface area contributed by atoms with Crippen molar-refractivity contribution in [3.05, 3.63) is 65.9 Å². The highest BCUT2D eigenvalue weighted by molar-refractivity contribution is 7.17. The topological polar surface area (TPSA) is 116 Å². The Morgan fingerprint density at radius 3 is 2.62 bits per heavy atom. The number of halogens is 4. The molecule has 0 radical (unpaired) electrons. The Morgan fingerprint density at radius 1 is 1.06 bits per heavy atom. The van der Waals surface area contributed by atoms with Crippen LogP contribution in [0, 0.1) is 5.82 Å². The van der Waals surface area contributed by atoms with E-state index in [1.54, 1.807) is 29.7 Å². The highest BCUT2D eigenvalue weighted by atomic mass is 32.1. The van der Waals surface area contributed by atoms with Crippen molar-refractivity contribution in [3.8, 4) is 0 Å². The van der Waals surface area contributed by atoms with Crippen molar-refractivity contribution in [1.29, 1.82) is 0 Å². The number of rotatable bonds is 4. The predicted octanol–water partition coefficient (Wildman–Crippen LogP) is 5.83. The lowest BCUT2D eigenvalue weighted by atomic mass is 10.2. The number of thiophene rings is 1. The summed E-state index contributed by atoms with van der Waals surface area (Å²) in [7, 11) is 0. The van der Waals surface area contributed by atoms with E-state index in [4.69, 9.17) is 9.90 Å². The molecular formula is C21H14F4N6O2S. The number of H-pyrrole nitrogens is 1. The van der Waals surface area contributed by atoms with Gasteiger partial charge in [0, 0.05) is 27.4 Å². The fourth-order valence-corrected chi connectivity index (χ4v) is 3.73. The van der Waals surface area contributed by atoms with Gasteiger partial charge in [0.1, 0.15) is 11.6 Å². The number of fused-ring (bicyclic) bond motifs is 2. The van der Waals surface area contributed by atoms with Crippen molar-refractivity contribution in [3.63, 3.8) is 0 Å². The van der Waals surface area contributed by atoms with E-state index >= 15 is 0 Å². The van der Waals surface area contributed by atoms with E-state index in [1.807, 2.05) is 12.1 Å². The van der Waals surface area contributed by atoms with Crippen LogP contribution in [0.2, 0.25) is 0 Å². The first-order valence-corrected chi connectivity index (χ1v) is 10.4. The van der Waals surface area contributed by atoms with Gasteiger partial charge in [-0.2, -0.15) is 23.3 Å². The molecule has 0 bridgehead atoms. The normalized spacial score (nSPS) is 11.2. The summed E-state index contributed by atoms with van der Waals surface area (Å²) in [6, 6.07) is 14.3. The standard InChI is InChI=1S/C19H13FN6S.C2HF3O2/c20-11-4-5-15-13(10-11)18(26-25-15)23-17-6-8-21-19(24-17)22-14-2-1-3-16-12(14)7-9-27-16;3-2(4,5)1(6)7/h1-10H,(H3,21,22,23,24,25,26);(H,6,7). The third kappa shape index (κ3) is 5.20. The molecular weight excluding hydrogens is 476 g/mol. The van der Waals surface area contributed by atoms with Crippen molar-refractivity contribution in [2.45, 2.75) is 6.18 Å². The number of carboxylic acid groups (broad SMARTS) is 1. The Bertz CT molecular complexity index is 1470. The summed E-state index contributed by atoms with van der Waals surface area (Å²) in [5.74, 6) is -1.55. The Morgan fingerprint density at radius 2 is 1.85 bits per heavy atom. The average molecular weight is 490 g/mol. The first-order valence-electron chi connectivity index (χ1n) is 9.48. The predicted molar refractivity (Wildman–Crippen MR) is 120 cm³/mol. The molecule has 4 N–H and O–H groups in total. The molecule has 5 aromatic rings. The number of anilines is 4. The number of hydrogen-bond donors (Lipinski definition) is 4. The van der Waals surface area contributed by atoms with Gasteiger partial charge in [0.2, 0.25) is 5.95 Å². The molecule has 0 unspecified atom stereocenters. The second-order valence-corrected chi connectivity index (χ2v) is 7.67. The van der Waals surface area contributed by atoms with Gasteiger partial charge >= 0.3 is 12.1 Å². The van der Waals surface area contributed by atoms with Crippen molar-refractivity contribution in [1.82, 2.24) is 20.2 Å². The van der Waals surface area contributed by atoms with Crippen LogP contribution < -0.4 is 10.6 Å². The molecule has 0 spiro atoms. The first-order chi connectivity index (χ1) is 16.2. The minimum atomic E-state index is -5.08. The molecule has 0 aliphatic rings. The quantitative estimate of drug-likeness (QED) is 0.234. The number of aromatic nitrogens is 4. The number of benzene rings is 2. The van der Waals surface area contributed by atoms with Crippen LogP contribution in [0.4, 0.5) is 40.8 Å². The zero-order valence-corrected chi connectivity index (χ0v) is 17.7. The molecule has 0 atom stereocenters. The van der Waals surface area contributed by atoms with Gasteiger partial charge in [-0.25, -0.2) is 14.2 Å². The van der Waals surface area contributed by atoms with E-state index in [9.17, 15) is 17.6 Å². The van der Waals surface area contributed by atoms with Gasteiger partial charge in [-0.05, 0) is 47.8 Å². The smallest absolute Gasteiger partial charge is 0.475 e. The zero-order chi connectivity index (χ0) is 24.3. The highest BCUT2D eigenvalue weighted by Gasteiger charge is 2.38. The second kappa shape index (κ2) is 9.31. The largest absolute Gasteiger partial charge is 0.490 e. The van der Waals surface area contributed by atoms with Gasteiger partial charge in [0.05, 0.1) is 5.52 Å². The molecule has 174 valence electrons. The Balaban J connectivity index is 0.000000344. The number of hydrogen-bond acceptors (Lipinski definition) is 7. The van der Waals surface area contributed by atoms with E-state index in [2.05, 4.69) is 48.3 Å². The van der Waals surface area contributed by atoms with Crippen LogP contribution in [0.5, 0.6) is 0 Å². The van der Waals surface area contributed by atoms with Crippen LogP contribution in [0.1, 0.15) is 0 Å². The first kappa shape index (κ1) is 22.9. The van der Waals surface area contributed by atoms with Crippen LogP contribution >= 0.6 is 11.3 Å². The minimum absolute atomic E-state index is 0.319. The van der Waals surface area contributed by atoms with Crippen LogP contribution in [-0.2, 0) is 4.79 Å². The number of alkyl halides is 3. The average Bonchev–Trinajstić information content (AvgIpc) is 3.42. The van der Waals surface area contributed by atoms with E-state index in [0.717, 1.165) is 16.6 Å². The number of aromatic amines is 1. The van der Waals surface area contributed by atoms with E-state index in [0.29, 0.717) is 23.0 Å². The third-order valence-electron chi connectivity index (χ3n) is 4.41. The second-order valence-electron chi connectivity index (χ2n) is 6.72. The molecule has 0 saturated heterocycles. The summed E-state index contributed by atoms with van der Waals surface area (Å²) in [5.41, 5.74) is 1.69. The van der Waals surface area contributed by atoms with E-state index in [-0.39, 0.29) is 5.82 Å². The maximum atomic E-state index is 13.5. The lowest BCUT2D eigenvalue weighted by Crippen LogP contribution is -2.21. The molecule has 34 heavy (non-hydrogen) atoms. The lowest BCUT2D eigenvalue weighted by molar-refractivity contribution is -0.192. The monoisotopic (exact) mass is 490 g/mol. The molecule has 8 nitrogen and oxygen atoms in total. The molecule has 0 aliphatic heterocycles.